The third-order valence-corrected chi connectivity index (χ3v) is 7.51. The second kappa shape index (κ2) is 8.56. The summed E-state index contributed by atoms with van der Waals surface area (Å²) < 4.78 is 38.9. The van der Waals surface area contributed by atoms with Crippen LogP contribution in [-0.2, 0) is 14.2 Å². The van der Waals surface area contributed by atoms with E-state index in [1.54, 1.807) is 14.2 Å². The van der Waals surface area contributed by atoms with Crippen LogP contribution >= 0.6 is 8.38 Å². The van der Waals surface area contributed by atoms with E-state index in [4.69, 9.17) is 9.05 Å². The van der Waals surface area contributed by atoms with Crippen molar-refractivity contribution < 1.29 is 17.8 Å². The molecule has 5 heteroatoms. The van der Waals surface area contributed by atoms with Crippen LogP contribution in [0.25, 0.3) is 0 Å². The van der Waals surface area contributed by atoms with E-state index in [1.807, 2.05) is 24.3 Å². The van der Waals surface area contributed by atoms with Gasteiger partial charge in [-0.15, -0.1) is 0 Å². The summed E-state index contributed by atoms with van der Waals surface area (Å²) >= 11 is 0. The lowest BCUT2D eigenvalue weighted by Gasteiger charge is -2.46. The summed E-state index contributed by atoms with van der Waals surface area (Å²) in [4.78, 5) is 0. The van der Waals surface area contributed by atoms with Gasteiger partial charge in [-0.05, 0) is 54.2 Å². The highest BCUT2D eigenvalue weighted by Gasteiger charge is 2.50. The van der Waals surface area contributed by atoms with Crippen LogP contribution in [0.4, 0.5) is 8.78 Å². The molecule has 2 aromatic rings. The first kappa shape index (κ1) is 19.4. The minimum Gasteiger partial charge on any atom is -0.337 e. The molecule has 0 spiro atoms. The summed E-state index contributed by atoms with van der Waals surface area (Å²) in [6.45, 7) is 0. The second-order valence-electron chi connectivity index (χ2n) is 6.74. The minimum atomic E-state index is -1.34. The van der Waals surface area contributed by atoms with E-state index in [0.29, 0.717) is 0 Å². The Labute approximate surface area is 155 Å². The Hall–Kier alpha value is -1.35. The zero-order chi connectivity index (χ0) is 18.6. The number of hydrogen-bond acceptors (Lipinski definition) is 2. The van der Waals surface area contributed by atoms with Gasteiger partial charge in [0.2, 0.25) is 0 Å². The van der Waals surface area contributed by atoms with Crippen molar-refractivity contribution in [2.75, 3.05) is 14.2 Å². The maximum Gasteiger partial charge on any atom is 0.186 e. The summed E-state index contributed by atoms with van der Waals surface area (Å²) in [5, 5.41) is -0.555. The number of hydrogen-bond donors (Lipinski definition) is 0. The van der Waals surface area contributed by atoms with E-state index in [0.717, 1.165) is 36.8 Å². The fourth-order valence-corrected chi connectivity index (χ4v) is 6.29. The van der Waals surface area contributed by atoms with Crippen LogP contribution in [0.15, 0.2) is 48.5 Å². The van der Waals surface area contributed by atoms with Crippen molar-refractivity contribution >= 4 is 8.38 Å². The quantitative estimate of drug-likeness (QED) is 0.542. The summed E-state index contributed by atoms with van der Waals surface area (Å²) in [5.74, 6) is -0.257. The lowest BCUT2D eigenvalue weighted by atomic mass is 9.72. The molecule has 1 aliphatic rings. The molecule has 3 rings (SSSR count). The highest BCUT2D eigenvalue weighted by atomic mass is 31.2. The van der Waals surface area contributed by atoms with Gasteiger partial charge >= 0.3 is 0 Å². The Bertz CT molecular complexity index is 647. The summed E-state index contributed by atoms with van der Waals surface area (Å²) in [5.41, 5.74) is 1.93. The molecular formula is C21H25F2O2P. The maximum absolute atomic E-state index is 13.6. The molecular weight excluding hydrogens is 353 g/mol. The molecule has 1 aliphatic carbocycles. The van der Waals surface area contributed by atoms with Crippen molar-refractivity contribution in [2.24, 2.45) is 5.92 Å². The van der Waals surface area contributed by atoms with Gasteiger partial charge < -0.3 is 9.05 Å². The van der Waals surface area contributed by atoms with Crippen LogP contribution in [0, 0.1) is 17.6 Å². The Morgan fingerprint density at radius 2 is 1.19 bits per heavy atom. The van der Waals surface area contributed by atoms with E-state index in [2.05, 4.69) is 0 Å². The summed E-state index contributed by atoms with van der Waals surface area (Å²) in [7, 11) is 1.96. The van der Waals surface area contributed by atoms with Crippen molar-refractivity contribution in [3.63, 3.8) is 0 Å². The SMILES string of the molecule is COP(OC)C(c1ccc(F)cc1)(c1ccc(F)cc1)C1CCCCC1. The molecule has 26 heavy (non-hydrogen) atoms. The zero-order valence-corrected chi connectivity index (χ0v) is 16.1. The maximum atomic E-state index is 13.6. The van der Waals surface area contributed by atoms with Gasteiger partial charge in [0, 0.05) is 14.2 Å². The first-order valence-corrected chi connectivity index (χ1v) is 10.2. The monoisotopic (exact) mass is 378 g/mol. The first-order chi connectivity index (χ1) is 12.6. The highest BCUT2D eigenvalue weighted by Crippen LogP contribution is 2.66. The second-order valence-corrected chi connectivity index (χ2v) is 8.69. The molecule has 0 aliphatic heterocycles. The van der Waals surface area contributed by atoms with Gasteiger partial charge in [0.15, 0.2) is 8.38 Å². The molecule has 0 atom stereocenters. The fraction of sp³-hybridized carbons (Fsp3) is 0.429. The Kier molecular flexibility index (Phi) is 6.39. The molecule has 140 valence electrons. The smallest absolute Gasteiger partial charge is 0.186 e. The molecule has 0 unspecified atom stereocenters. The van der Waals surface area contributed by atoms with Gasteiger partial charge in [-0.25, -0.2) is 8.78 Å². The fourth-order valence-electron chi connectivity index (χ4n) is 4.29. The van der Waals surface area contributed by atoms with Crippen molar-refractivity contribution in [1.82, 2.24) is 0 Å². The van der Waals surface area contributed by atoms with Gasteiger partial charge in [0.05, 0.1) is 5.16 Å². The molecule has 1 fully saturated rings. The first-order valence-electron chi connectivity index (χ1n) is 9.03. The van der Waals surface area contributed by atoms with Crippen LogP contribution in [0.2, 0.25) is 0 Å². The van der Waals surface area contributed by atoms with Crippen LogP contribution < -0.4 is 0 Å². The molecule has 0 heterocycles. The molecule has 0 saturated heterocycles. The van der Waals surface area contributed by atoms with E-state index < -0.39 is 13.5 Å². The predicted molar refractivity (Wildman–Crippen MR) is 101 cm³/mol. The minimum absolute atomic E-state index is 0.274. The molecule has 2 nitrogen and oxygen atoms in total. The van der Waals surface area contributed by atoms with Crippen molar-refractivity contribution in [2.45, 2.75) is 37.3 Å². The van der Waals surface area contributed by atoms with Gasteiger partial charge in [-0.1, -0.05) is 43.5 Å². The third-order valence-electron chi connectivity index (χ3n) is 5.38. The van der Waals surface area contributed by atoms with E-state index in [9.17, 15) is 8.78 Å². The lowest BCUT2D eigenvalue weighted by molar-refractivity contribution is 0.248. The average Bonchev–Trinajstić information content (AvgIpc) is 2.68. The largest absolute Gasteiger partial charge is 0.337 e. The van der Waals surface area contributed by atoms with Gasteiger partial charge in [-0.3, -0.25) is 0 Å². The van der Waals surface area contributed by atoms with Gasteiger partial charge in [-0.2, -0.15) is 0 Å². The van der Waals surface area contributed by atoms with Crippen LogP contribution in [-0.4, -0.2) is 14.2 Å². The summed E-state index contributed by atoms with van der Waals surface area (Å²) in [6, 6.07) is 13.2. The van der Waals surface area contributed by atoms with E-state index >= 15 is 0 Å². The highest BCUT2D eigenvalue weighted by molar-refractivity contribution is 7.49. The standard InChI is InChI=1S/C21H25F2O2P/c1-24-26(25-2)21(16-6-4-3-5-7-16,17-8-12-19(22)13-9-17)18-10-14-20(23)15-11-18/h8-16H,3-7H2,1-2H3. The average molecular weight is 378 g/mol. The molecule has 0 N–H and O–H groups in total. The normalized spacial score (nSPS) is 16.2. The van der Waals surface area contributed by atoms with Gasteiger partial charge in [0.1, 0.15) is 11.6 Å². The molecule has 0 aromatic heterocycles. The van der Waals surface area contributed by atoms with Crippen LogP contribution in [0.3, 0.4) is 0 Å². The van der Waals surface area contributed by atoms with Gasteiger partial charge in [0.25, 0.3) is 0 Å². The molecule has 2 aromatic carbocycles. The Balaban J connectivity index is 2.24. The molecule has 0 bridgehead atoms. The molecule has 0 amide bonds. The number of rotatable bonds is 6. The number of halogens is 2. The number of benzene rings is 2. The van der Waals surface area contributed by atoms with Crippen molar-refractivity contribution in [1.29, 1.82) is 0 Å². The predicted octanol–water partition coefficient (Wildman–Crippen LogP) is 6.39. The summed E-state index contributed by atoms with van der Waals surface area (Å²) in [6.07, 6.45) is 5.59. The van der Waals surface area contributed by atoms with Crippen LogP contribution in [0.5, 0.6) is 0 Å². The molecule has 0 radical (unpaired) electrons. The Morgan fingerprint density at radius 1 is 0.769 bits per heavy atom. The van der Waals surface area contributed by atoms with E-state index in [1.165, 1.54) is 30.7 Å². The Morgan fingerprint density at radius 3 is 1.58 bits per heavy atom. The van der Waals surface area contributed by atoms with Crippen molar-refractivity contribution in [3.05, 3.63) is 71.3 Å². The molecule has 1 saturated carbocycles. The van der Waals surface area contributed by atoms with Crippen molar-refractivity contribution in [3.8, 4) is 0 Å². The topological polar surface area (TPSA) is 18.5 Å². The third kappa shape index (κ3) is 3.55. The zero-order valence-electron chi connectivity index (χ0n) is 15.3. The van der Waals surface area contributed by atoms with E-state index in [-0.39, 0.29) is 17.6 Å². The lowest BCUT2D eigenvalue weighted by Crippen LogP contribution is -2.37. The van der Waals surface area contributed by atoms with Crippen LogP contribution in [0.1, 0.15) is 43.2 Å².